The van der Waals surface area contributed by atoms with Crippen LogP contribution in [0, 0.1) is 5.92 Å². The van der Waals surface area contributed by atoms with Gasteiger partial charge in [0, 0.05) is 17.2 Å². The normalized spacial score (nSPS) is 11.9. The topological polar surface area (TPSA) is 46.2 Å². The van der Waals surface area contributed by atoms with Crippen molar-refractivity contribution in [2.75, 3.05) is 5.32 Å². The molecule has 0 radical (unpaired) electrons. The van der Waals surface area contributed by atoms with Gasteiger partial charge in [-0.15, -0.1) is 0 Å². The number of carbonyl (C=O) groups is 2. The Balaban J connectivity index is 2.71. The van der Waals surface area contributed by atoms with Crippen LogP contribution in [-0.2, 0) is 4.79 Å². The Morgan fingerprint density at radius 1 is 1.35 bits per heavy atom. The summed E-state index contributed by atoms with van der Waals surface area (Å²) >= 11 is 0. The molecule has 0 spiro atoms. The van der Waals surface area contributed by atoms with E-state index in [1.165, 1.54) is 6.92 Å². The average molecular weight is 233 g/mol. The van der Waals surface area contributed by atoms with E-state index >= 15 is 0 Å². The molecule has 0 heterocycles. The zero-order valence-electron chi connectivity index (χ0n) is 10.6. The standard InChI is InChI=1S/C14H19NO2/c1-4-6-10(2)14(17)15-13-8-5-7-12(9-13)11(3)16/h5,7-10H,4,6H2,1-3H3,(H,15,17). The lowest BCUT2D eigenvalue weighted by molar-refractivity contribution is -0.119. The maximum Gasteiger partial charge on any atom is 0.227 e. The highest BCUT2D eigenvalue weighted by Crippen LogP contribution is 2.14. The Bertz CT molecular complexity index is 412. The van der Waals surface area contributed by atoms with Gasteiger partial charge in [0.05, 0.1) is 0 Å². The van der Waals surface area contributed by atoms with Gasteiger partial charge in [-0.3, -0.25) is 9.59 Å². The largest absolute Gasteiger partial charge is 0.326 e. The van der Waals surface area contributed by atoms with Crippen LogP contribution in [0.15, 0.2) is 24.3 Å². The molecule has 1 amide bonds. The lowest BCUT2D eigenvalue weighted by atomic mass is 10.1. The second-order valence-electron chi connectivity index (χ2n) is 4.32. The molecule has 0 saturated carbocycles. The van der Waals surface area contributed by atoms with Crippen molar-refractivity contribution in [3.63, 3.8) is 0 Å². The molecule has 3 heteroatoms. The molecule has 0 fully saturated rings. The molecular weight excluding hydrogens is 214 g/mol. The number of hydrogen-bond donors (Lipinski definition) is 1. The van der Waals surface area contributed by atoms with E-state index < -0.39 is 0 Å². The van der Waals surface area contributed by atoms with E-state index in [4.69, 9.17) is 0 Å². The first kappa shape index (κ1) is 13.4. The minimum Gasteiger partial charge on any atom is -0.326 e. The summed E-state index contributed by atoms with van der Waals surface area (Å²) in [7, 11) is 0. The zero-order valence-corrected chi connectivity index (χ0v) is 10.6. The van der Waals surface area contributed by atoms with Crippen molar-refractivity contribution in [3.05, 3.63) is 29.8 Å². The molecule has 92 valence electrons. The second-order valence-corrected chi connectivity index (χ2v) is 4.32. The quantitative estimate of drug-likeness (QED) is 0.793. The smallest absolute Gasteiger partial charge is 0.227 e. The SMILES string of the molecule is CCCC(C)C(=O)Nc1cccc(C(C)=O)c1. The summed E-state index contributed by atoms with van der Waals surface area (Å²) in [5.74, 6) is 0.0104. The van der Waals surface area contributed by atoms with Crippen LogP contribution in [0.1, 0.15) is 44.0 Å². The van der Waals surface area contributed by atoms with Gasteiger partial charge in [-0.2, -0.15) is 0 Å². The highest BCUT2D eigenvalue weighted by molar-refractivity contribution is 5.97. The number of nitrogens with one attached hydrogen (secondary N) is 1. The van der Waals surface area contributed by atoms with Gasteiger partial charge in [-0.05, 0) is 25.5 Å². The second kappa shape index (κ2) is 6.18. The minimum absolute atomic E-state index is 0.000911. The fourth-order valence-electron chi connectivity index (χ4n) is 1.65. The molecule has 0 aliphatic carbocycles. The zero-order chi connectivity index (χ0) is 12.8. The van der Waals surface area contributed by atoms with E-state index in [0.717, 1.165) is 12.8 Å². The van der Waals surface area contributed by atoms with Gasteiger partial charge < -0.3 is 5.32 Å². The van der Waals surface area contributed by atoms with Gasteiger partial charge in [0.15, 0.2) is 5.78 Å². The predicted molar refractivity (Wildman–Crippen MR) is 69.1 cm³/mol. The number of amides is 1. The van der Waals surface area contributed by atoms with E-state index in [1.54, 1.807) is 24.3 Å². The first-order valence-corrected chi connectivity index (χ1v) is 5.96. The van der Waals surface area contributed by atoms with Crippen molar-refractivity contribution in [1.29, 1.82) is 0 Å². The number of hydrogen-bond acceptors (Lipinski definition) is 2. The van der Waals surface area contributed by atoms with Crippen molar-refractivity contribution in [1.82, 2.24) is 0 Å². The Morgan fingerprint density at radius 2 is 2.06 bits per heavy atom. The van der Waals surface area contributed by atoms with E-state index in [-0.39, 0.29) is 17.6 Å². The summed E-state index contributed by atoms with van der Waals surface area (Å²) in [6.45, 7) is 5.48. The number of anilines is 1. The number of Topliss-reactive ketones (excluding diaryl/α,β-unsaturated/α-hetero) is 1. The van der Waals surface area contributed by atoms with Gasteiger partial charge in [0.1, 0.15) is 0 Å². The average Bonchev–Trinajstić information content (AvgIpc) is 2.29. The van der Waals surface area contributed by atoms with E-state index in [9.17, 15) is 9.59 Å². The highest BCUT2D eigenvalue weighted by atomic mass is 16.1. The maximum absolute atomic E-state index is 11.8. The molecule has 17 heavy (non-hydrogen) atoms. The van der Waals surface area contributed by atoms with Crippen LogP contribution in [0.5, 0.6) is 0 Å². The molecule has 0 saturated heterocycles. The molecule has 0 aliphatic heterocycles. The third-order valence-corrected chi connectivity index (χ3v) is 2.71. The van der Waals surface area contributed by atoms with Crippen LogP contribution in [0.25, 0.3) is 0 Å². The molecule has 1 aromatic carbocycles. The van der Waals surface area contributed by atoms with Crippen molar-refractivity contribution in [3.8, 4) is 0 Å². The maximum atomic E-state index is 11.8. The molecule has 1 aromatic rings. The van der Waals surface area contributed by atoms with Crippen molar-refractivity contribution >= 4 is 17.4 Å². The van der Waals surface area contributed by atoms with E-state index in [2.05, 4.69) is 12.2 Å². The minimum atomic E-state index is 0.000911. The predicted octanol–water partition coefficient (Wildman–Crippen LogP) is 3.26. The summed E-state index contributed by atoms with van der Waals surface area (Å²) < 4.78 is 0. The molecule has 0 bridgehead atoms. The molecule has 1 N–H and O–H groups in total. The fraction of sp³-hybridized carbons (Fsp3) is 0.429. The number of carbonyl (C=O) groups excluding carboxylic acids is 2. The van der Waals surface area contributed by atoms with Crippen LogP contribution < -0.4 is 5.32 Å². The van der Waals surface area contributed by atoms with E-state index in [0.29, 0.717) is 11.3 Å². The van der Waals surface area contributed by atoms with Crippen LogP contribution in [0.4, 0.5) is 5.69 Å². The van der Waals surface area contributed by atoms with Crippen molar-refractivity contribution in [2.24, 2.45) is 5.92 Å². The summed E-state index contributed by atoms with van der Waals surface area (Å²) in [6, 6.07) is 7.02. The van der Waals surface area contributed by atoms with Gasteiger partial charge in [0.2, 0.25) is 5.91 Å². The van der Waals surface area contributed by atoms with Crippen LogP contribution in [-0.4, -0.2) is 11.7 Å². The van der Waals surface area contributed by atoms with Crippen LogP contribution >= 0.6 is 0 Å². The van der Waals surface area contributed by atoms with Gasteiger partial charge in [-0.25, -0.2) is 0 Å². The summed E-state index contributed by atoms with van der Waals surface area (Å²) in [4.78, 5) is 23.0. The molecule has 0 aliphatic rings. The Kier molecular flexibility index (Phi) is 4.88. The monoisotopic (exact) mass is 233 g/mol. The summed E-state index contributed by atoms with van der Waals surface area (Å²) in [5.41, 5.74) is 1.30. The third-order valence-electron chi connectivity index (χ3n) is 2.71. The first-order valence-electron chi connectivity index (χ1n) is 5.96. The molecule has 3 nitrogen and oxygen atoms in total. The van der Waals surface area contributed by atoms with Crippen molar-refractivity contribution < 1.29 is 9.59 Å². The molecule has 1 unspecified atom stereocenters. The highest BCUT2D eigenvalue weighted by Gasteiger charge is 2.12. The Hall–Kier alpha value is -1.64. The molecule has 1 atom stereocenters. The third kappa shape index (κ3) is 4.02. The first-order chi connectivity index (χ1) is 8.04. The van der Waals surface area contributed by atoms with Gasteiger partial charge >= 0.3 is 0 Å². The van der Waals surface area contributed by atoms with Crippen molar-refractivity contribution in [2.45, 2.75) is 33.6 Å². The van der Waals surface area contributed by atoms with E-state index in [1.807, 2.05) is 6.92 Å². The Labute approximate surface area is 102 Å². The lowest BCUT2D eigenvalue weighted by Crippen LogP contribution is -2.20. The summed E-state index contributed by atoms with van der Waals surface area (Å²) in [6.07, 6.45) is 1.86. The molecule has 1 rings (SSSR count). The van der Waals surface area contributed by atoms with Gasteiger partial charge in [0.25, 0.3) is 0 Å². The number of rotatable bonds is 5. The Morgan fingerprint density at radius 3 is 2.65 bits per heavy atom. The lowest BCUT2D eigenvalue weighted by Gasteiger charge is -2.11. The fourth-order valence-corrected chi connectivity index (χ4v) is 1.65. The van der Waals surface area contributed by atoms with Crippen LogP contribution in [0.2, 0.25) is 0 Å². The molecular formula is C14H19NO2. The number of ketones is 1. The number of benzene rings is 1. The van der Waals surface area contributed by atoms with Crippen LogP contribution in [0.3, 0.4) is 0 Å². The summed E-state index contributed by atoms with van der Waals surface area (Å²) in [5, 5.41) is 2.83. The van der Waals surface area contributed by atoms with Gasteiger partial charge in [-0.1, -0.05) is 32.4 Å². The molecule has 0 aromatic heterocycles.